The van der Waals surface area contributed by atoms with Gasteiger partial charge in [-0.1, -0.05) is 284 Å². The third kappa shape index (κ3) is 49.4. The molecule has 0 heterocycles. The molecule has 0 spiro atoms. The smallest absolute Gasteiger partial charge is 0.306 e. The molecular weight excluding hydrogens is 769 g/mol. The normalized spacial score (nSPS) is 11.9. The Kier molecular flexibility index (Phi) is 50.7. The molecule has 6 nitrogen and oxygen atoms in total. The summed E-state index contributed by atoms with van der Waals surface area (Å²) in [6.45, 7) is 6.70. The Morgan fingerprint density at radius 2 is 0.435 bits per heavy atom. The molecule has 0 N–H and O–H groups in total. The summed E-state index contributed by atoms with van der Waals surface area (Å²) in [5, 5.41) is 0. The summed E-state index contributed by atoms with van der Waals surface area (Å²) in [7, 11) is 0. The highest BCUT2D eigenvalue weighted by Crippen LogP contribution is 2.17. The molecular formula is C56H108O6. The average molecular weight is 877 g/mol. The van der Waals surface area contributed by atoms with Crippen LogP contribution in [-0.4, -0.2) is 37.2 Å². The van der Waals surface area contributed by atoms with Gasteiger partial charge in [0.25, 0.3) is 0 Å². The van der Waals surface area contributed by atoms with E-state index >= 15 is 0 Å². The number of carbonyl (C=O) groups excluding carboxylic acids is 3. The highest BCUT2D eigenvalue weighted by Gasteiger charge is 2.19. The van der Waals surface area contributed by atoms with Crippen LogP contribution in [0.2, 0.25) is 0 Å². The van der Waals surface area contributed by atoms with Gasteiger partial charge in [0.15, 0.2) is 6.10 Å². The van der Waals surface area contributed by atoms with Crippen molar-refractivity contribution in [3.8, 4) is 0 Å². The molecule has 0 aliphatic rings. The Morgan fingerprint density at radius 1 is 0.258 bits per heavy atom. The van der Waals surface area contributed by atoms with Gasteiger partial charge in [0.1, 0.15) is 13.2 Å². The van der Waals surface area contributed by atoms with Gasteiger partial charge in [-0.3, -0.25) is 14.4 Å². The first-order valence-corrected chi connectivity index (χ1v) is 28.0. The zero-order chi connectivity index (χ0) is 45.1. The van der Waals surface area contributed by atoms with E-state index in [1.807, 2.05) is 0 Å². The van der Waals surface area contributed by atoms with E-state index in [1.54, 1.807) is 0 Å². The summed E-state index contributed by atoms with van der Waals surface area (Å²) in [6, 6.07) is 0. The summed E-state index contributed by atoms with van der Waals surface area (Å²) in [5.41, 5.74) is 0. The fourth-order valence-corrected chi connectivity index (χ4v) is 8.62. The summed E-state index contributed by atoms with van der Waals surface area (Å²) in [4.78, 5) is 38.0. The van der Waals surface area contributed by atoms with Crippen LogP contribution in [-0.2, 0) is 28.6 Å². The first-order valence-electron chi connectivity index (χ1n) is 28.0. The molecule has 0 aromatic rings. The quantitative estimate of drug-likeness (QED) is 0.0344. The molecule has 0 aromatic carbocycles. The van der Waals surface area contributed by atoms with Gasteiger partial charge in [-0.2, -0.15) is 0 Å². The van der Waals surface area contributed by atoms with Gasteiger partial charge < -0.3 is 14.2 Å². The van der Waals surface area contributed by atoms with Gasteiger partial charge in [-0.05, 0) is 19.3 Å². The second-order valence-corrected chi connectivity index (χ2v) is 19.2. The number of hydrogen-bond acceptors (Lipinski definition) is 6. The SMILES string of the molecule is CCCCCCCCCCCCCCCCCCCCC(=O)OC[C@H](COC(=O)CCCCCCCCCCCCCC)OC(=O)CCCCCCCCCCCCCCCC. The van der Waals surface area contributed by atoms with Crippen LogP contribution in [0.1, 0.15) is 323 Å². The molecule has 0 saturated heterocycles. The molecule has 6 heteroatoms. The van der Waals surface area contributed by atoms with Gasteiger partial charge in [-0.25, -0.2) is 0 Å². The fourth-order valence-electron chi connectivity index (χ4n) is 8.62. The van der Waals surface area contributed by atoms with E-state index in [0.717, 1.165) is 57.8 Å². The predicted molar refractivity (Wildman–Crippen MR) is 266 cm³/mol. The van der Waals surface area contributed by atoms with E-state index in [2.05, 4.69) is 20.8 Å². The Balaban J connectivity index is 4.26. The van der Waals surface area contributed by atoms with Crippen LogP contribution < -0.4 is 0 Å². The van der Waals surface area contributed by atoms with E-state index in [-0.39, 0.29) is 31.1 Å². The van der Waals surface area contributed by atoms with Crippen molar-refractivity contribution in [2.45, 2.75) is 329 Å². The molecule has 0 rings (SSSR count). The van der Waals surface area contributed by atoms with Crippen molar-refractivity contribution < 1.29 is 28.6 Å². The lowest BCUT2D eigenvalue weighted by Gasteiger charge is -2.18. The fraction of sp³-hybridized carbons (Fsp3) is 0.946. The number of rotatable bonds is 52. The minimum absolute atomic E-state index is 0.0613. The first-order chi connectivity index (χ1) is 30.5. The van der Waals surface area contributed by atoms with Crippen molar-refractivity contribution in [1.82, 2.24) is 0 Å². The van der Waals surface area contributed by atoms with E-state index < -0.39 is 6.10 Å². The van der Waals surface area contributed by atoms with Crippen LogP contribution >= 0.6 is 0 Å². The molecule has 0 aliphatic heterocycles. The highest BCUT2D eigenvalue weighted by atomic mass is 16.6. The van der Waals surface area contributed by atoms with Crippen LogP contribution in [0, 0.1) is 0 Å². The maximum absolute atomic E-state index is 12.8. The monoisotopic (exact) mass is 877 g/mol. The molecule has 0 amide bonds. The highest BCUT2D eigenvalue weighted by molar-refractivity contribution is 5.71. The molecule has 0 bridgehead atoms. The number of unbranched alkanes of at least 4 members (excludes halogenated alkanes) is 41. The van der Waals surface area contributed by atoms with E-state index in [0.29, 0.717) is 19.3 Å². The second-order valence-electron chi connectivity index (χ2n) is 19.2. The lowest BCUT2D eigenvalue weighted by atomic mass is 10.0. The molecule has 0 aliphatic carbocycles. The Morgan fingerprint density at radius 3 is 0.645 bits per heavy atom. The third-order valence-electron chi connectivity index (χ3n) is 12.9. The van der Waals surface area contributed by atoms with Crippen molar-refractivity contribution in [3.05, 3.63) is 0 Å². The lowest BCUT2D eigenvalue weighted by Crippen LogP contribution is -2.30. The molecule has 0 fully saturated rings. The van der Waals surface area contributed by atoms with Crippen molar-refractivity contribution in [2.75, 3.05) is 13.2 Å². The predicted octanol–water partition coefficient (Wildman–Crippen LogP) is 18.4. The summed E-state index contributed by atoms with van der Waals surface area (Å²) in [5.74, 6) is -0.835. The van der Waals surface area contributed by atoms with Crippen molar-refractivity contribution in [3.63, 3.8) is 0 Å². The minimum atomic E-state index is -0.760. The van der Waals surface area contributed by atoms with Crippen LogP contribution in [0.15, 0.2) is 0 Å². The van der Waals surface area contributed by atoms with Gasteiger partial charge >= 0.3 is 17.9 Å². The van der Waals surface area contributed by atoms with Crippen molar-refractivity contribution in [2.24, 2.45) is 0 Å². The standard InChI is InChI=1S/C56H108O6/c1-4-7-10-13-16-19-22-25-27-28-29-30-32-34-37-40-43-46-49-55(58)61-52-53(51-60-54(57)48-45-42-39-36-33-24-21-18-15-12-9-6-3)62-56(59)50-47-44-41-38-35-31-26-23-20-17-14-11-8-5-2/h53H,4-52H2,1-3H3/t53-/m0/s1. The zero-order valence-electron chi connectivity index (χ0n) is 42.2. The van der Waals surface area contributed by atoms with E-state index in [1.165, 1.54) is 225 Å². The molecule has 0 aromatic heterocycles. The molecule has 0 unspecified atom stereocenters. The summed E-state index contributed by atoms with van der Waals surface area (Å²) < 4.78 is 16.9. The van der Waals surface area contributed by atoms with Gasteiger partial charge in [0, 0.05) is 19.3 Å². The number of esters is 3. The van der Waals surface area contributed by atoms with E-state index in [4.69, 9.17) is 14.2 Å². The van der Waals surface area contributed by atoms with Crippen LogP contribution in [0.4, 0.5) is 0 Å². The van der Waals surface area contributed by atoms with Crippen LogP contribution in [0.5, 0.6) is 0 Å². The van der Waals surface area contributed by atoms with Crippen molar-refractivity contribution >= 4 is 17.9 Å². The van der Waals surface area contributed by atoms with Gasteiger partial charge in [0.05, 0.1) is 0 Å². The first kappa shape index (κ1) is 60.4. The number of ether oxygens (including phenoxy) is 3. The topological polar surface area (TPSA) is 78.9 Å². The molecule has 368 valence electrons. The van der Waals surface area contributed by atoms with Gasteiger partial charge in [0.2, 0.25) is 0 Å². The summed E-state index contributed by atoms with van der Waals surface area (Å²) >= 11 is 0. The molecule has 0 saturated carbocycles. The number of hydrogen-bond donors (Lipinski definition) is 0. The lowest BCUT2D eigenvalue weighted by molar-refractivity contribution is -0.167. The van der Waals surface area contributed by atoms with Crippen LogP contribution in [0.3, 0.4) is 0 Å². The Bertz CT molecular complexity index is 920. The zero-order valence-corrected chi connectivity index (χ0v) is 42.2. The van der Waals surface area contributed by atoms with Crippen molar-refractivity contribution in [1.29, 1.82) is 0 Å². The average Bonchev–Trinajstić information content (AvgIpc) is 3.27. The number of carbonyl (C=O) groups is 3. The molecule has 1 atom stereocenters. The summed E-state index contributed by atoms with van der Waals surface area (Å²) in [6.07, 6.45) is 56.6. The third-order valence-corrected chi connectivity index (χ3v) is 12.9. The maximum atomic E-state index is 12.8. The minimum Gasteiger partial charge on any atom is -0.462 e. The largest absolute Gasteiger partial charge is 0.462 e. The van der Waals surface area contributed by atoms with E-state index in [9.17, 15) is 14.4 Å². The second kappa shape index (κ2) is 52.0. The van der Waals surface area contributed by atoms with Gasteiger partial charge in [-0.15, -0.1) is 0 Å². The Hall–Kier alpha value is -1.59. The Labute approximate surface area is 387 Å². The maximum Gasteiger partial charge on any atom is 0.306 e. The molecule has 62 heavy (non-hydrogen) atoms. The van der Waals surface area contributed by atoms with Crippen LogP contribution in [0.25, 0.3) is 0 Å². The molecule has 0 radical (unpaired) electrons.